The van der Waals surface area contributed by atoms with E-state index in [4.69, 9.17) is 5.26 Å². The summed E-state index contributed by atoms with van der Waals surface area (Å²) in [6, 6.07) is 10.2. The number of carbonyl (C=O) groups is 1. The molecule has 0 bridgehead atoms. The Balaban J connectivity index is 1.91. The van der Waals surface area contributed by atoms with Crippen molar-refractivity contribution >= 4 is 5.91 Å². The van der Waals surface area contributed by atoms with Crippen molar-refractivity contribution in [3.63, 3.8) is 0 Å². The lowest BCUT2D eigenvalue weighted by atomic mass is 10.1. The maximum absolute atomic E-state index is 11.8. The number of hydrogen-bond acceptors (Lipinski definition) is 2. The maximum Gasteiger partial charge on any atom is 0.223 e. The van der Waals surface area contributed by atoms with Crippen molar-refractivity contribution in [1.82, 2.24) is 5.32 Å². The monoisotopic (exact) mass is 214 g/mol. The van der Waals surface area contributed by atoms with E-state index in [0.717, 1.165) is 12.8 Å². The lowest BCUT2D eigenvalue weighted by Gasteiger charge is -2.08. The summed E-state index contributed by atoms with van der Waals surface area (Å²) in [5.74, 6) is 0.127. The molecule has 1 aliphatic carbocycles. The van der Waals surface area contributed by atoms with Crippen LogP contribution in [0, 0.1) is 17.2 Å². The summed E-state index contributed by atoms with van der Waals surface area (Å²) >= 11 is 0. The summed E-state index contributed by atoms with van der Waals surface area (Å²) in [6.45, 7) is 0.460. The van der Waals surface area contributed by atoms with Gasteiger partial charge < -0.3 is 5.32 Å². The number of nitrogens with one attached hydrogen (secondary N) is 1. The predicted molar refractivity (Wildman–Crippen MR) is 60.6 cm³/mol. The van der Waals surface area contributed by atoms with Crippen molar-refractivity contribution in [2.45, 2.75) is 19.3 Å². The third kappa shape index (κ3) is 2.22. The van der Waals surface area contributed by atoms with Crippen molar-refractivity contribution in [3.05, 3.63) is 35.4 Å². The topological polar surface area (TPSA) is 52.9 Å². The summed E-state index contributed by atoms with van der Waals surface area (Å²) in [4.78, 5) is 11.8. The molecular weight excluding hydrogens is 200 g/mol. The van der Waals surface area contributed by atoms with E-state index in [0.29, 0.717) is 13.0 Å². The zero-order valence-electron chi connectivity index (χ0n) is 9.07. The van der Waals surface area contributed by atoms with Gasteiger partial charge in [0.1, 0.15) is 0 Å². The van der Waals surface area contributed by atoms with E-state index in [-0.39, 0.29) is 11.8 Å². The van der Waals surface area contributed by atoms with Crippen molar-refractivity contribution in [1.29, 1.82) is 5.26 Å². The van der Waals surface area contributed by atoms with Gasteiger partial charge in [-0.2, -0.15) is 5.26 Å². The second kappa shape index (κ2) is 4.80. The van der Waals surface area contributed by atoms with Gasteiger partial charge in [0.25, 0.3) is 0 Å². The van der Waals surface area contributed by atoms with Crippen LogP contribution >= 0.6 is 0 Å². The van der Waals surface area contributed by atoms with Gasteiger partial charge in [-0.1, -0.05) is 24.3 Å². The Kier molecular flexibility index (Phi) is 3.21. The molecule has 0 unspecified atom stereocenters. The van der Waals surface area contributed by atoms with Gasteiger partial charge in [0.15, 0.2) is 0 Å². The third-order valence-electron chi connectivity index (χ3n) is 2.96. The minimum atomic E-state index is 0.0519. The molecule has 1 aromatic rings. The molecule has 82 valence electrons. The van der Waals surface area contributed by atoms with Gasteiger partial charge >= 0.3 is 0 Å². The van der Waals surface area contributed by atoms with E-state index in [1.54, 1.807) is 0 Å². The first kappa shape index (κ1) is 10.7. The fraction of sp³-hybridized carbons (Fsp3) is 0.385. The van der Waals surface area contributed by atoms with E-state index >= 15 is 0 Å². The van der Waals surface area contributed by atoms with Gasteiger partial charge in [-0.25, -0.2) is 0 Å². The largest absolute Gasteiger partial charge is 0.355 e. The molecule has 1 amide bonds. The van der Waals surface area contributed by atoms with Gasteiger partial charge in [0.05, 0.1) is 12.5 Å². The van der Waals surface area contributed by atoms with Crippen LogP contribution < -0.4 is 5.32 Å². The molecule has 16 heavy (non-hydrogen) atoms. The van der Waals surface area contributed by atoms with E-state index < -0.39 is 0 Å². The van der Waals surface area contributed by atoms with Crippen molar-refractivity contribution < 1.29 is 4.79 Å². The van der Waals surface area contributed by atoms with Gasteiger partial charge in [0.2, 0.25) is 5.91 Å². The molecule has 0 heterocycles. The molecule has 0 aliphatic heterocycles. The highest BCUT2D eigenvalue weighted by Gasteiger charge is 2.26. The van der Waals surface area contributed by atoms with Crippen LogP contribution in [0.3, 0.4) is 0 Å². The van der Waals surface area contributed by atoms with Crippen LogP contribution in [-0.4, -0.2) is 12.5 Å². The number of nitriles is 1. The second-order valence-corrected chi connectivity index (χ2v) is 4.07. The first-order valence-electron chi connectivity index (χ1n) is 5.52. The number of fused-ring (bicyclic) bond motifs is 1. The fourth-order valence-corrected chi connectivity index (χ4v) is 2.13. The highest BCUT2D eigenvalue weighted by molar-refractivity contribution is 5.80. The van der Waals surface area contributed by atoms with Crippen LogP contribution in [-0.2, 0) is 17.6 Å². The molecule has 3 heteroatoms. The number of carbonyl (C=O) groups excluding carboxylic acids is 1. The quantitative estimate of drug-likeness (QED) is 0.774. The predicted octanol–water partition coefficient (Wildman–Crippen LogP) is 1.43. The van der Waals surface area contributed by atoms with Gasteiger partial charge in [-0.3, -0.25) is 4.79 Å². The van der Waals surface area contributed by atoms with Crippen LogP contribution in [0.4, 0.5) is 0 Å². The third-order valence-corrected chi connectivity index (χ3v) is 2.96. The summed E-state index contributed by atoms with van der Waals surface area (Å²) in [5, 5.41) is 11.2. The number of benzene rings is 1. The normalized spacial score (nSPS) is 14.2. The average Bonchev–Trinajstić information content (AvgIpc) is 2.73. The van der Waals surface area contributed by atoms with Gasteiger partial charge in [0, 0.05) is 12.5 Å². The Morgan fingerprint density at radius 3 is 2.56 bits per heavy atom. The highest BCUT2D eigenvalue weighted by atomic mass is 16.1. The molecule has 0 spiro atoms. The Morgan fingerprint density at radius 2 is 2.00 bits per heavy atom. The first-order chi connectivity index (χ1) is 7.81. The molecule has 0 atom stereocenters. The van der Waals surface area contributed by atoms with Gasteiger partial charge in [-0.05, 0) is 24.0 Å². The lowest BCUT2D eigenvalue weighted by molar-refractivity contribution is -0.124. The Labute approximate surface area is 95.1 Å². The summed E-state index contributed by atoms with van der Waals surface area (Å²) in [6.07, 6.45) is 2.04. The van der Waals surface area contributed by atoms with Gasteiger partial charge in [-0.15, -0.1) is 0 Å². The number of rotatable bonds is 3. The number of amides is 1. The summed E-state index contributed by atoms with van der Waals surface area (Å²) < 4.78 is 0. The molecule has 2 rings (SSSR count). The zero-order valence-corrected chi connectivity index (χ0v) is 9.07. The second-order valence-electron chi connectivity index (χ2n) is 4.07. The van der Waals surface area contributed by atoms with Crippen LogP contribution in [0.1, 0.15) is 17.5 Å². The van der Waals surface area contributed by atoms with Crippen molar-refractivity contribution in [3.8, 4) is 6.07 Å². The summed E-state index contributed by atoms with van der Waals surface area (Å²) in [7, 11) is 0. The number of nitrogens with zero attached hydrogens (tertiary/aromatic N) is 1. The minimum Gasteiger partial charge on any atom is -0.355 e. The fourth-order valence-electron chi connectivity index (χ4n) is 2.13. The highest BCUT2D eigenvalue weighted by Crippen LogP contribution is 2.26. The molecule has 3 nitrogen and oxygen atoms in total. The molecule has 1 aliphatic rings. The van der Waals surface area contributed by atoms with Crippen LogP contribution in [0.25, 0.3) is 0 Å². The summed E-state index contributed by atoms with van der Waals surface area (Å²) in [5.41, 5.74) is 2.56. The minimum absolute atomic E-state index is 0.0519. The number of hydrogen-bond donors (Lipinski definition) is 1. The lowest BCUT2D eigenvalue weighted by Crippen LogP contribution is -2.31. The van der Waals surface area contributed by atoms with Crippen molar-refractivity contribution in [2.24, 2.45) is 5.92 Å². The molecule has 0 fully saturated rings. The molecule has 0 saturated heterocycles. The van der Waals surface area contributed by atoms with Crippen LogP contribution in [0.5, 0.6) is 0 Å². The first-order valence-corrected chi connectivity index (χ1v) is 5.52. The van der Waals surface area contributed by atoms with Crippen molar-refractivity contribution in [2.75, 3.05) is 6.54 Å². The van der Waals surface area contributed by atoms with Crippen LogP contribution in [0.15, 0.2) is 24.3 Å². The molecule has 1 aromatic carbocycles. The molecule has 0 saturated carbocycles. The molecule has 1 N–H and O–H groups in total. The molecule has 0 radical (unpaired) electrons. The Morgan fingerprint density at radius 1 is 1.38 bits per heavy atom. The smallest absolute Gasteiger partial charge is 0.223 e. The molecular formula is C13H14N2O. The Hall–Kier alpha value is -1.82. The Bertz CT molecular complexity index is 409. The maximum atomic E-state index is 11.8. The SMILES string of the molecule is N#CCCNC(=O)C1Cc2ccccc2C1. The van der Waals surface area contributed by atoms with E-state index in [1.165, 1.54) is 11.1 Å². The van der Waals surface area contributed by atoms with E-state index in [9.17, 15) is 4.79 Å². The van der Waals surface area contributed by atoms with E-state index in [2.05, 4.69) is 17.4 Å². The average molecular weight is 214 g/mol. The molecule has 0 aromatic heterocycles. The standard InChI is InChI=1S/C13H14N2O/c14-6-3-7-15-13(16)12-8-10-4-1-2-5-11(10)9-12/h1-2,4-5,12H,3,7-9H2,(H,15,16). The van der Waals surface area contributed by atoms with Crippen LogP contribution in [0.2, 0.25) is 0 Å². The zero-order chi connectivity index (χ0) is 11.4. The van der Waals surface area contributed by atoms with E-state index in [1.807, 2.05) is 18.2 Å².